The predicted octanol–water partition coefficient (Wildman–Crippen LogP) is 3.91. The number of methoxy groups -OCH3 is 1. The summed E-state index contributed by atoms with van der Waals surface area (Å²) in [7, 11) is 1.71. The first kappa shape index (κ1) is 23.1. The summed E-state index contributed by atoms with van der Waals surface area (Å²) in [5.74, 6) is 1.80. The molecule has 0 aromatic heterocycles. The van der Waals surface area contributed by atoms with Crippen LogP contribution in [0, 0.1) is 0 Å². The number of anilines is 1. The van der Waals surface area contributed by atoms with Gasteiger partial charge in [-0.15, -0.1) is 24.0 Å². The number of benzene rings is 2. The third-order valence-corrected chi connectivity index (χ3v) is 3.93. The van der Waals surface area contributed by atoms with Crippen molar-refractivity contribution in [3.05, 3.63) is 60.2 Å². The van der Waals surface area contributed by atoms with Gasteiger partial charge in [0, 0.05) is 31.9 Å². The van der Waals surface area contributed by atoms with Crippen molar-refractivity contribution < 1.29 is 4.74 Å². The molecule has 5 nitrogen and oxygen atoms in total. The molecule has 148 valence electrons. The third-order valence-electron chi connectivity index (χ3n) is 3.93. The molecule has 3 N–H and O–H groups in total. The summed E-state index contributed by atoms with van der Waals surface area (Å²) in [5.41, 5.74) is 2.35. The third kappa shape index (κ3) is 8.99. The lowest BCUT2D eigenvalue weighted by Crippen LogP contribution is -2.38. The van der Waals surface area contributed by atoms with Crippen LogP contribution in [0.25, 0.3) is 0 Å². The Balaban J connectivity index is 0.00000364. The highest BCUT2D eigenvalue weighted by Gasteiger charge is 2.02. The Morgan fingerprint density at radius 2 is 1.70 bits per heavy atom. The van der Waals surface area contributed by atoms with Crippen LogP contribution in [0.5, 0.6) is 5.75 Å². The standard InChI is InChI=1S/C21H30N4O.HI/c1-3-22-21(24-16-9-15-23-19-11-5-4-6-12-19)25-17-14-18-10-7-8-13-20(18)26-2;/h4-8,10-13,23H,3,9,14-17H2,1-2H3,(H2,22,24,25);1H. The normalized spacial score (nSPS) is 10.7. The smallest absolute Gasteiger partial charge is 0.191 e. The highest BCUT2D eigenvalue weighted by atomic mass is 127. The lowest BCUT2D eigenvalue weighted by molar-refractivity contribution is 0.409. The van der Waals surface area contributed by atoms with Crippen LogP contribution in [0.15, 0.2) is 59.6 Å². The summed E-state index contributed by atoms with van der Waals surface area (Å²) in [6.45, 7) is 5.43. The zero-order valence-corrected chi connectivity index (χ0v) is 18.5. The Morgan fingerprint density at radius 1 is 0.963 bits per heavy atom. The van der Waals surface area contributed by atoms with Gasteiger partial charge >= 0.3 is 0 Å². The lowest BCUT2D eigenvalue weighted by atomic mass is 10.1. The second-order valence-electron chi connectivity index (χ2n) is 5.90. The van der Waals surface area contributed by atoms with Crippen molar-refractivity contribution in [2.75, 3.05) is 38.6 Å². The summed E-state index contributed by atoms with van der Waals surface area (Å²) in [6.07, 6.45) is 1.88. The van der Waals surface area contributed by atoms with E-state index in [-0.39, 0.29) is 24.0 Å². The van der Waals surface area contributed by atoms with Crippen LogP contribution in [-0.4, -0.2) is 39.2 Å². The van der Waals surface area contributed by atoms with E-state index < -0.39 is 0 Å². The van der Waals surface area contributed by atoms with Crippen molar-refractivity contribution in [2.45, 2.75) is 19.8 Å². The number of hydrogen-bond acceptors (Lipinski definition) is 3. The maximum Gasteiger partial charge on any atom is 0.191 e. The number of nitrogens with one attached hydrogen (secondary N) is 3. The molecule has 0 fully saturated rings. The maximum absolute atomic E-state index is 5.40. The maximum atomic E-state index is 5.40. The molecule has 2 rings (SSSR count). The van der Waals surface area contributed by atoms with E-state index in [1.165, 1.54) is 5.56 Å². The van der Waals surface area contributed by atoms with Crippen LogP contribution < -0.4 is 20.7 Å². The molecule has 0 unspecified atom stereocenters. The van der Waals surface area contributed by atoms with Gasteiger partial charge in [0.2, 0.25) is 0 Å². The predicted molar refractivity (Wildman–Crippen MR) is 126 cm³/mol. The van der Waals surface area contributed by atoms with Gasteiger partial charge in [-0.25, -0.2) is 0 Å². The van der Waals surface area contributed by atoms with Crippen LogP contribution in [0.3, 0.4) is 0 Å². The topological polar surface area (TPSA) is 57.7 Å². The second-order valence-corrected chi connectivity index (χ2v) is 5.90. The molecule has 0 amide bonds. The van der Waals surface area contributed by atoms with E-state index in [1.54, 1.807) is 7.11 Å². The first-order valence-corrected chi connectivity index (χ1v) is 9.26. The van der Waals surface area contributed by atoms with Gasteiger partial charge in [0.05, 0.1) is 7.11 Å². The number of nitrogens with zero attached hydrogens (tertiary/aromatic N) is 1. The fourth-order valence-corrected chi connectivity index (χ4v) is 2.63. The highest BCUT2D eigenvalue weighted by Crippen LogP contribution is 2.17. The molecule has 0 saturated heterocycles. The van der Waals surface area contributed by atoms with Crippen LogP contribution in [0.4, 0.5) is 5.69 Å². The van der Waals surface area contributed by atoms with E-state index in [0.717, 1.165) is 56.4 Å². The van der Waals surface area contributed by atoms with Crippen molar-refractivity contribution in [2.24, 2.45) is 4.99 Å². The number of para-hydroxylation sites is 2. The van der Waals surface area contributed by atoms with Crippen molar-refractivity contribution in [1.29, 1.82) is 0 Å². The van der Waals surface area contributed by atoms with Gasteiger partial charge in [0.25, 0.3) is 0 Å². The molecule has 2 aromatic rings. The molecule has 0 aliphatic heterocycles. The van der Waals surface area contributed by atoms with Gasteiger partial charge in [-0.1, -0.05) is 36.4 Å². The summed E-state index contributed by atoms with van der Waals surface area (Å²) < 4.78 is 5.40. The fraction of sp³-hybridized carbons (Fsp3) is 0.381. The Labute approximate surface area is 180 Å². The van der Waals surface area contributed by atoms with Gasteiger partial charge in [-0.05, 0) is 43.5 Å². The number of halogens is 1. The van der Waals surface area contributed by atoms with Gasteiger partial charge in [0.1, 0.15) is 5.75 Å². The Hall–Kier alpha value is -1.96. The molecular weight excluding hydrogens is 451 g/mol. The summed E-state index contributed by atoms with van der Waals surface area (Å²) >= 11 is 0. The minimum atomic E-state index is 0. The molecule has 0 heterocycles. The zero-order valence-electron chi connectivity index (χ0n) is 16.2. The Bertz CT molecular complexity index is 664. The largest absolute Gasteiger partial charge is 0.496 e. The molecule has 2 aromatic carbocycles. The van der Waals surface area contributed by atoms with Crippen LogP contribution in [0.1, 0.15) is 18.9 Å². The molecule has 0 bridgehead atoms. The monoisotopic (exact) mass is 482 g/mol. The minimum Gasteiger partial charge on any atom is -0.496 e. The highest BCUT2D eigenvalue weighted by molar-refractivity contribution is 14.0. The van der Waals surface area contributed by atoms with E-state index in [4.69, 9.17) is 4.74 Å². The number of ether oxygens (including phenoxy) is 1. The molecular formula is C21H31IN4O. The molecule has 0 aliphatic rings. The average Bonchev–Trinajstić information content (AvgIpc) is 2.69. The minimum absolute atomic E-state index is 0. The molecule has 0 aliphatic carbocycles. The van der Waals surface area contributed by atoms with Crippen LogP contribution >= 0.6 is 24.0 Å². The number of hydrogen-bond donors (Lipinski definition) is 3. The molecule has 27 heavy (non-hydrogen) atoms. The summed E-state index contributed by atoms with van der Waals surface area (Å²) in [6, 6.07) is 18.4. The lowest BCUT2D eigenvalue weighted by Gasteiger charge is -2.13. The van der Waals surface area contributed by atoms with E-state index >= 15 is 0 Å². The Kier molecular flexibility index (Phi) is 12.1. The molecule has 0 radical (unpaired) electrons. The van der Waals surface area contributed by atoms with Crippen molar-refractivity contribution >= 4 is 35.6 Å². The molecule has 0 spiro atoms. The van der Waals surface area contributed by atoms with Gasteiger partial charge in [0.15, 0.2) is 5.96 Å². The Morgan fingerprint density at radius 3 is 2.44 bits per heavy atom. The van der Waals surface area contributed by atoms with E-state index in [0.29, 0.717) is 0 Å². The van der Waals surface area contributed by atoms with E-state index in [2.05, 4.69) is 46.1 Å². The quantitative estimate of drug-likeness (QED) is 0.208. The van der Waals surface area contributed by atoms with Crippen LogP contribution in [0.2, 0.25) is 0 Å². The van der Waals surface area contributed by atoms with Gasteiger partial charge in [-0.2, -0.15) is 0 Å². The van der Waals surface area contributed by atoms with Gasteiger partial charge < -0.3 is 20.7 Å². The number of aliphatic imine (C=N–C) groups is 1. The fourth-order valence-electron chi connectivity index (χ4n) is 2.63. The number of rotatable bonds is 10. The zero-order chi connectivity index (χ0) is 18.5. The van der Waals surface area contributed by atoms with Crippen molar-refractivity contribution in [3.8, 4) is 5.75 Å². The van der Waals surface area contributed by atoms with Crippen LogP contribution in [-0.2, 0) is 6.42 Å². The molecule has 0 atom stereocenters. The SMILES string of the molecule is CCNC(=NCCCNc1ccccc1)NCCc1ccccc1OC.I. The summed E-state index contributed by atoms with van der Waals surface area (Å²) in [5, 5.41) is 10.1. The van der Waals surface area contributed by atoms with Crippen molar-refractivity contribution in [3.63, 3.8) is 0 Å². The molecule has 0 saturated carbocycles. The second kappa shape index (κ2) is 14.1. The molecule has 6 heteroatoms. The number of guanidine groups is 1. The van der Waals surface area contributed by atoms with Crippen molar-refractivity contribution in [1.82, 2.24) is 10.6 Å². The summed E-state index contributed by atoms with van der Waals surface area (Å²) in [4.78, 5) is 4.64. The first-order valence-electron chi connectivity index (χ1n) is 9.26. The van der Waals surface area contributed by atoms with Gasteiger partial charge in [-0.3, -0.25) is 4.99 Å². The van der Waals surface area contributed by atoms with E-state index in [9.17, 15) is 0 Å². The average molecular weight is 482 g/mol. The first-order chi connectivity index (χ1) is 12.8. The van der Waals surface area contributed by atoms with E-state index in [1.807, 2.05) is 36.4 Å².